The van der Waals surface area contributed by atoms with Gasteiger partial charge in [0.05, 0.1) is 37.1 Å². The number of halogens is 3. The SMILES string of the molecule is COCCN1C(=O)c2ccccc2C(C(=O)Nc2ccn(C)n2)C1c1cccs1.COCCN1C(=O)c2ccccc2C(C(=O)Nc2nc(C(F)(F)F)ns2)C1c1cccs1. The van der Waals surface area contributed by atoms with Gasteiger partial charge in [0.25, 0.3) is 11.8 Å². The Morgan fingerprint density at radius 1 is 0.738 bits per heavy atom. The molecule has 20 heteroatoms. The number of nitrogens with one attached hydrogen (secondary N) is 2. The fraction of sp³-hybridized carbons (Fsp3) is 0.293. The van der Waals surface area contributed by atoms with E-state index in [0.717, 1.165) is 15.3 Å². The highest BCUT2D eigenvalue weighted by molar-refractivity contribution is 7.10. The first-order chi connectivity index (χ1) is 29.4. The van der Waals surface area contributed by atoms with Crippen LogP contribution in [0.15, 0.2) is 95.8 Å². The number of alkyl halides is 3. The first-order valence-corrected chi connectivity index (χ1v) is 21.3. The highest BCUT2D eigenvalue weighted by Crippen LogP contribution is 2.46. The van der Waals surface area contributed by atoms with E-state index in [2.05, 4.69) is 25.1 Å². The molecule has 6 heterocycles. The lowest BCUT2D eigenvalue weighted by atomic mass is 9.81. The van der Waals surface area contributed by atoms with E-state index in [1.807, 2.05) is 53.2 Å². The van der Waals surface area contributed by atoms with Crippen molar-refractivity contribution < 1.29 is 41.8 Å². The second-order valence-corrected chi connectivity index (χ2v) is 16.5. The van der Waals surface area contributed by atoms with E-state index in [1.54, 1.807) is 82.6 Å². The number of ether oxygens (including phenoxy) is 2. The average Bonchev–Trinajstić information content (AvgIpc) is 4.10. The molecule has 0 fully saturated rings. The number of methoxy groups -OCH3 is 2. The molecule has 4 amide bonds. The van der Waals surface area contributed by atoms with Gasteiger partial charge in [0, 0.05) is 79.0 Å². The third kappa shape index (κ3) is 9.27. The second-order valence-electron chi connectivity index (χ2n) is 13.8. The van der Waals surface area contributed by atoms with E-state index >= 15 is 0 Å². The smallest absolute Gasteiger partial charge is 0.383 e. The molecular formula is C41H39F3N8O6S3. The Morgan fingerprint density at radius 2 is 1.25 bits per heavy atom. The topological polar surface area (TPSA) is 161 Å². The highest BCUT2D eigenvalue weighted by Gasteiger charge is 2.46. The monoisotopic (exact) mass is 892 g/mol. The van der Waals surface area contributed by atoms with Crippen LogP contribution >= 0.6 is 34.2 Å². The van der Waals surface area contributed by atoms with E-state index in [1.165, 1.54) is 18.4 Å². The number of rotatable bonds is 12. The van der Waals surface area contributed by atoms with Crippen molar-refractivity contribution in [2.24, 2.45) is 7.05 Å². The van der Waals surface area contributed by atoms with Crippen molar-refractivity contribution >= 4 is 68.8 Å². The molecule has 318 valence electrons. The fourth-order valence-corrected chi connectivity index (χ4v) is 9.77. The van der Waals surface area contributed by atoms with Gasteiger partial charge in [0.1, 0.15) is 0 Å². The summed E-state index contributed by atoms with van der Waals surface area (Å²) in [6.07, 6.45) is -2.94. The zero-order valence-corrected chi connectivity index (χ0v) is 35.3. The van der Waals surface area contributed by atoms with Gasteiger partial charge in [0.15, 0.2) is 5.82 Å². The Hall–Kier alpha value is -5.80. The van der Waals surface area contributed by atoms with E-state index in [4.69, 9.17) is 9.47 Å². The predicted molar refractivity (Wildman–Crippen MR) is 224 cm³/mol. The first-order valence-electron chi connectivity index (χ1n) is 18.8. The molecule has 0 radical (unpaired) electrons. The van der Waals surface area contributed by atoms with E-state index < -0.39 is 41.8 Å². The zero-order chi connectivity index (χ0) is 43.3. The van der Waals surface area contributed by atoms with Crippen LogP contribution in [0.25, 0.3) is 0 Å². The van der Waals surface area contributed by atoms with Crippen molar-refractivity contribution in [3.05, 3.63) is 134 Å². The Labute approximate surface area is 360 Å². The molecular weight excluding hydrogens is 854 g/mol. The lowest BCUT2D eigenvalue weighted by Gasteiger charge is -2.41. The molecule has 14 nitrogen and oxygen atoms in total. The van der Waals surface area contributed by atoms with Crippen molar-refractivity contribution in [3.8, 4) is 0 Å². The van der Waals surface area contributed by atoms with Crippen molar-refractivity contribution in [1.82, 2.24) is 28.9 Å². The number of aryl methyl sites for hydroxylation is 1. The highest BCUT2D eigenvalue weighted by atomic mass is 32.1. The molecule has 4 atom stereocenters. The lowest BCUT2D eigenvalue weighted by Crippen LogP contribution is -2.47. The van der Waals surface area contributed by atoms with E-state index in [9.17, 15) is 32.3 Å². The van der Waals surface area contributed by atoms with Gasteiger partial charge in [-0.15, -0.1) is 22.7 Å². The Kier molecular flexibility index (Phi) is 13.4. The molecule has 0 spiro atoms. The Bertz CT molecular complexity index is 2470. The minimum Gasteiger partial charge on any atom is -0.383 e. The molecule has 0 aliphatic carbocycles. The Balaban J connectivity index is 0.000000185. The van der Waals surface area contributed by atoms with Gasteiger partial charge < -0.3 is 29.9 Å². The number of fused-ring (bicyclic) bond motifs is 2. The number of hydrogen-bond donors (Lipinski definition) is 2. The third-order valence-corrected chi connectivity index (χ3v) is 12.6. The molecule has 6 aromatic rings. The van der Waals surface area contributed by atoms with Crippen LogP contribution in [-0.4, -0.2) is 93.1 Å². The number of carbonyl (C=O) groups excluding carboxylic acids is 4. The zero-order valence-electron chi connectivity index (χ0n) is 32.9. The van der Waals surface area contributed by atoms with Crippen molar-refractivity contribution in [1.29, 1.82) is 0 Å². The van der Waals surface area contributed by atoms with Crippen LogP contribution in [0.1, 0.15) is 71.3 Å². The normalized spacial score (nSPS) is 18.5. The van der Waals surface area contributed by atoms with Crippen molar-refractivity contribution in [2.45, 2.75) is 30.1 Å². The minimum atomic E-state index is -4.71. The van der Waals surface area contributed by atoms with Crippen molar-refractivity contribution in [3.63, 3.8) is 0 Å². The molecule has 0 saturated heterocycles. The molecule has 4 aromatic heterocycles. The molecule has 2 aliphatic rings. The summed E-state index contributed by atoms with van der Waals surface area (Å²) in [5.74, 6) is -3.33. The van der Waals surface area contributed by atoms with Crippen LogP contribution in [-0.2, 0) is 32.3 Å². The van der Waals surface area contributed by atoms with Gasteiger partial charge in [0.2, 0.25) is 22.8 Å². The maximum Gasteiger partial charge on any atom is 0.452 e. The Morgan fingerprint density at radius 3 is 1.67 bits per heavy atom. The second kappa shape index (κ2) is 18.9. The maximum absolute atomic E-state index is 13.4. The molecule has 0 saturated carbocycles. The molecule has 4 unspecified atom stereocenters. The maximum atomic E-state index is 13.4. The summed E-state index contributed by atoms with van der Waals surface area (Å²) in [7, 11) is 4.92. The van der Waals surface area contributed by atoms with Crippen LogP contribution in [0, 0.1) is 0 Å². The van der Waals surface area contributed by atoms with Gasteiger partial charge in [-0.3, -0.25) is 23.9 Å². The lowest BCUT2D eigenvalue weighted by molar-refractivity contribution is -0.144. The summed E-state index contributed by atoms with van der Waals surface area (Å²) in [6, 6.07) is 22.3. The predicted octanol–water partition coefficient (Wildman–Crippen LogP) is 7.23. The largest absolute Gasteiger partial charge is 0.452 e. The van der Waals surface area contributed by atoms with Gasteiger partial charge in [-0.1, -0.05) is 48.5 Å². The quantitative estimate of drug-likeness (QED) is 0.129. The minimum absolute atomic E-state index is 0.0852. The number of aromatic nitrogens is 4. The summed E-state index contributed by atoms with van der Waals surface area (Å²) in [6.45, 7) is 1.30. The number of thiophene rings is 2. The number of hydrogen-bond acceptors (Lipinski definition) is 12. The van der Waals surface area contributed by atoms with Gasteiger partial charge in [-0.05, 0) is 46.2 Å². The summed E-state index contributed by atoms with van der Waals surface area (Å²) in [5, 5.41) is 13.2. The summed E-state index contributed by atoms with van der Waals surface area (Å²) in [5.41, 5.74) is 2.16. The van der Waals surface area contributed by atoms with Crippen LogP contribution in [0.5, 0.6) is 0 Å². The molecule has 2 aliphatic heterocycles. The van der Waals surface area contributed by atoms with Gasteiger partial charge >= 0.3 is 6.18 Å². The number of amides is 4. The van der Waals surface area contributed by atoms with E-state index in [-0.39, 0.29) is 36.0 Å². The van der Waals surface area contributed by atoms with E-state index in [0.29, 0.717) is 47.2 Å². The summed E-state index contributed by atoms with van der Waals surface area (Å²) >= 11 is 3.38. The molecule has 2 aromatic carbocycles. The number of nitrogens with zero attached hydrogens (tertiary/aromatic N) is 6. The van der Waals surface area contributed by atoms with Gasteiger partial charge in [-0.25, -0.2) is 0 Å². The standard InChI is InChI=1S/C21H22N4O3S.C20H17F3N4O3S2/c1-24-10-9-17(23-24)22-20(26)18-14-6-3-4-7-15(14)21(27)25(11-12-28-2)19(18)16-8-5-13-29-16;1-30-9-8-27-15(13-7-4-10-31-13)14(11-5-2-3-6-12(11)17(27)29)16(28)24-19-25-18(26-32-19)20(21,22)23/h3-10,13,18-19H,11-12H2,1-2H3,(H,22,23,26);2-7,10,14-15H,8-9H2,1H3,(H,24,25,26,28). The van der Waals surface area contributed by atoms with Gasteiger partial charge in [-0.2, -0.15) is 27.6 Å². The molecule has 0 bridgehead atoms. The number of carbonyl (C=O) groups is 4. The fourth-order valence-electron chi connectivity index (χ4n) is 7.43. The van der Waals surface area contributed by atoms with Crippen LogP contribution < -0.4 is 10.6 Å². The average molecular weight is 893 g/mol. The molecule has 61 heavy (non-hydrogen) atoms. The summed E-state index contributed by atoms with van der Waals surface area (Å²) < 4.78 is 53.9. The first kappa shape index (κ1) is 43.3. The van der Waals surface area contributed by atoms with Crippen LogP contribution in [0.2, 0.25) is 0 Å². The molecule has 8 rings (SSSR count). The van der Waals surface area contributed by atoms with Crippen molar-refractivity contribution in [2.75, 3.05) is 51.2 Å². The van der Waals surface area contributed by atoms with Crippen LogP contribution in [0.3, 0.4) is 0 Å². The molecule has 2 N–H and O–H groups in total. The third-order valence-electron chi connectivity index (χ3n) is 10.1. The van der Waals surface area contributed by atoms with Crippen LogP contribution in [0.4, 0.5) is 24.1 Å². The number of anilines is 2. The summed E-state index contributed by atoms with van der Waals surface area (Å²) in [4.78, 5) is 61.9. The number of benzene rings is 2.